The summed E-state index contributed by atoms with van der Waals surface area (Å²) in [6.45, 7) is 2.41. The van der Waals surface area contributed by atoms with Crippen LogP contribution in [0, 0.1) is 0 Å². The highest BCUT2D eigenvalue weighted by molar-refractivity contribution is 7.91. The van der Waals surface area contributed by atoms with E-state index in [-0.39, 0.29) is 13.0 Å². The van der Waals surface area contributed by atoms with Crippen LogP contribution in [-0.4, -0.2) is 66.5 Å². The summed E-state index contributed by atoms with van der Waals surface area (Å²) < 4.78 is 61.9. The molecule has 0 aliphatic rings. The number of hydrogen-bond donors (Lipinski definition) is 1. The minimum absolute atomic E-state index is 0.0457. The Morgan fingerprint density at radius 2 is 1.27 bits per heavy atom. The van der Waals surface area contributed by atoms with E-state index in [0.29, 0.717) is 19.6 Å². The number of ether oxygens (including phenoxy) is 1. The van der Waals surface area contributed by atoms with E-state index in [2.05, 4.69) is 8.37 Å². The summed E-state index contributed by atoms with van der Waals surface area (Å²) in [5, 5.41) is 6.25. The third kappa shape index (κ3) is 10.2. The Balaban J connectivity index is 4.17. The van der Waals surface area contributed by atoms with Gasteiger partial charge in [0, 0.05) is 6.61 Å². The van der Waals surface area contributed by atoms with Crippen molar-refractivity contribution in [1.29, 1.82) is 0 Å². The number of aliphatic hydroxyl groups is 1. The summed E-state index contributed by atoms with van der Waals surface area (Å²) in [6.07, 6.45) is 6.73. The predicted molar refractivity (Wildman–Crippen MR) is 99.9 cm³/mol. The molecule has 0 heterocycles. The lowest BCUT2D eigenvalue weighted by Crippen LogP contribution is -2.38. The van der Waals surface area contributed by atoms with Crippen LogP contribution >= 0.6 is 0 Å². The molecule has 0 spiro atoms. The highest BCUT2D eigenvalue weighted by atomic mass is 32.2. The molecule has 0 fully saturated rings. The molecule has 0 aromatic heterocycles. The maximum Gasteiger partial charge on any atom is 0.271 e. The second-order valence-corrected chi connectivity index (χ2v) is 10.1. The van der Waals surface area contributed by atoms with Crippen LogP contribution in [0.1, 0.15) is 58.3 Å². The van der Waals surface area contributed by atoms with Gasteiger partial charge in [0.25, 0.3) is 20.2 Å². The van der Waals surface area contributed by atoms with Gasteiger partial charge >= 0.3 is 0 Å². The molecule has 0 aliphatic carbocycles. The Bertz CT molecular complexity index is 545. The minimum Gasteiger partial charge on any atom is -0.394 e. The monoisotopic (exact) mass is 418 g/mol. The molecule has 0 saturated carbocycles. The maximum absolute atomic E-state index is 12.0. The molecule has 2 atom stereocenters. The smallest absolute Gasteiger partial charge is 0.271 e. The van der Waals surface area contributed by atoms with Crippen LogP contribution in [0.25, 0.3) is 0 Å². The first-order valence-electron chi connectivity index (χ1n) is 9.00. The van der Waals surface area contributed by atoms with Gasteiger partial charge in [-0.15, -0.1) is 0 Å². The van der Waals surface area contributed by atoms with Crippen molar-refractivity contribution < 1.29 is 35.0 Å². The van der Waals surface area contributed by atoms with Gasteiger partial charge in [-0.05, 0) is 19.8 Å². The van der Waals surface area contributed by atoms with E-state index < -0.39 is 30.7 Å². The van der Waals surface area contributed by atoms with E-state index >= 15 is 0 Å². The van der Waals surface area contributed by atoms with E-state index in [9.17, 15) is 16.8 Å². The van der Waals surface area contributed by atoms with Gasteiger partial charge < -0.3 is 9.84 Å². The van der Waals surface area contributed by atoms with Gasteiger partial charge in [0.05, 0.1) is 27.4 Å². The Morgan fingerprint density at radius 1 is 0.769 bits per heavy atom. The van der Waals surface area contributed by atoms with Crippen LogP contribution in [-0.2, 0) is 33.3 Å². The molecule has 0 bridgehead atoms. The average Bonchev–Trinajstić information content (AvgIpc) is 2.62. The standard InChI is InChI=1S/C16H34O8S2/c1-15(25(18,19)22-2)16(26(20,21)23-3)11-9-7-5-4-6-8-10-13-24-14-12-17/h15-17H,4-14H2,1-3H3. The number of aliphatic hydroxyl groups excluding tert-OH is 1. The van der Waals surface area contributed by atoms with Crippen molar-refractivity contribution in [2.45, 2.75) is 68.8 Å². The van der Waals surface area contributed by atoms with Crippen LogP contribution in [0.4, 0.5) is 0 Å². The highest BCUT2D eigenvalue weighted by Gasteiger charge is 2.38. The zero-order valence-corrected chi connectivity index (χ0v) is 17.7. The van der Waals surface area contributed by atoms with Crippen molar-refractivity contribution in [3.05, 3.63) is 0 Å². The first-order valence-corrected chi connectivity index (χ1v) is 11.9. The van der Waals surface area contributed by atoms with Gasteiger partial charge in [-0.1, -0.05) is 38.5 Å². The van der Waals surface area contributed by atoms with E-state index in [1.807, 2.05) is 0 Å². The molecule has 1 N–H and O–H groups in total. The summed E-state index contributed by atoms with van der Waals surface area (Å²) in [6, 6.07) is 0. The van der Waals surface area contributed by atoms with Crippen molar-refractivity contribution >= 4 is 20.2 Å². The normalized spacial score (nSPS) is 15.1. The van der Waals surface area contributed by atoms with Crippen LogP contribution < -0.4 is 0 Å². The van der Waals surface area contributed by atoms with Gasteiger partial charge in [0.15, 0.2) is 0 Å². The fourth-order valence-corrected chi connectivity index (χ4v) is 5.48. The first-order chi connectivity index (χ1) is 12.2. The summed E-state index contributed by atoms with van der Waals surface area (Å²) in [4.78, 5) is 0. The molecule has 0 amide bonds. The quantitative estimate of drug-likeness (QED) is 0.281. The van der Waals surface area contributed by atoms with Gasteiger partial charge in [-0.2, -0.15) is 16.8 Å². The average molecular weight is 419 g/mol. The van der Waals surface area contributed by atoms with Gasteiger partial charge in [0.2, 0.25) is 0 Å². The topological polar surface area (TPSA) is 116 Å². The lowest BCUT2D eigenvalue weighted by Gasteiger charge is -2.21. The Labute approximate surface area is 158 Å². The van der Waals surface area contributed by atoms with Gasteiger partial charge in [-0.25, -0.2) is 0 Å². The Morgan fingerprint density at radius 3 is 1.77 bits per heavy atom. The van der Waals surface area contributed by atoms with E-state index in [0.717, 1.165) is 52.7 Å². The first kappa shape index (κ1) is 25.7. The van der Waals surface area contributed by atoms with E-state index in [1.165, 1.54) is 6.92 Å². The zero-order chi connectivity index (χ0) is 20.1. The number of unbranched alkanes of at least 4 members (excludes halogenated alkanes) is 6. The molecule has 0 radical (unpaired) electrons. The molecule has 0 aliphatic heterocycles. The molecule has 0 aromatic rings. The van der Waals surface area contributed by atoms with Gasteiger partial charge in [-0.3, -0.25) is 8.37 Å². The van der Waals surface area contributed by atoms with Gasteiger partial charge in [0.1, 0.15) is 10.5 Å². The van der Waals surface area contributed by atoms with Crippen molar-refractivity contribution in [3.8, 4) is 0 Å². The molecule has 0 rings (SSSR count). The lowest BCUT2D eigenvalue weighted by atomic mass is 10.1. The van der Waals surface area contributed by atoms with E-state index in [1.54, 1.807) is 0 Å². The van der Waals surface area contributed by atoms with Crippen LogP contribution in [0.15, 0.2) is 0 Å². The molecule has 2 unspecified atom stereocenters. The summed E-state index contributed by atoms with van der Waals surface area (Å²) in [5.41, 5.74) is 0. The second-order valence-electron chi connectivity index (χ2n) is 6.16. The zero-order valence-electron chi connectivity index (χ0n) is 16.1. The predicted octanol–water partition coefficient (Wildman–Crippen LogP) is 1.83. The summed E-state index contributed by atoms with van der Waals surface area (Å²) >= 11 is 0. The number of hydrogen-bond acceptors (Lipinski definition) is 8. The van der Waals surface area contributed by atoms with Crippen LogP contribution in [0.2, 0.25) is 0 Å². The summed E-state index contributed by atoms with van der Waals surface area (Å²) in [5.74, 6) is 0. The lowest BCUT2D eigenvalue weighted by molar-refractivity contribution is 0.0895. The minimum atomic E-state index is -3.96. The van der Waals surface area contributed by atoms with Crippen molar-refractivity contribution in [2.24, 2.45) is 0 Å². The van der Waals surface area contributed by atoms with E-state index in [4.69, 9.17) is 9.84 Å². The number of rotatable bonds is 17. The Hall–Kier alpha value is -0.260. The summed E-state index contributed by atoms with van der Waals surface area (Å²) in [7, 11) is -5.83. The van der Waals surface area contributed by atoms with Crippen LogP contribution in [0.3, 0.4) is 0 Å². The molecule has 158 valence electrons. The fraction of sp³-hybridized carbons (Fsp3) is 1.00. The largest absolute Gasteiger partial charge is 0.394 e. The Kier molecular flexibility index (Phi) is 13.7. The molecule has 8 nitrogen and oxygen atoms in total. The molecule has 0 saturated heterocycles. The third-order valence-corrected chi connectivity index (χ3v) is 8.05. The maximum atomic E-state index is 12.0. The van der Waals surface area contributed by atoms with Crippen LogP contribution in [0.5, 0.6) is 0 Å². The third-order valence-electron chi connectivity index (χ3n) is 4.33. The molecular formula is C16H34O8S2. The van der Waals surface area contributed by atoms with Crippen molar-refractivity contribution in [2.75, 3.05) is 34.0 Å². The van der Waals surface area contributed by atoms with Crippen molar-refractivity contribution in [1.82, 2.24) is 0 Å². The fourth-order valence-electron chi connectivity index (χ4n) is 2.68. The molecule has 26 heavy (non-hydrogen) atoms. The SMILES string of the molecule is COS(=O)(=O)C(C)C(CCCCCCCCCOCCO)S(=O)(=O)OC. The highest BCUT2D eigenvalue weighted by Crippen LogP contribution is 2.22. The molecule has 0 aromatic carbocycles. The second kappa shape index (κ2) is 13.8. The van der Waals surface area contributed by atoms with Crippen molar-refractivity contribution in [3.63, 3.8) is 0 Å². The molecular weight excluding hydrogens is 384 g/mol. The molecule has 10 heteroatoms.